The molecule has 1 aliphatic heterocycles. The number of esters is 2. The van der Waals surface area contributed by atoms with Gasteiger partial charge in [0.2, 0.25) is 0 Å². The smallest absolute Gasteiger partial charge is 0.355 e. The van der Waals surface area contributed by atoms with Gasteiger partial charge in [0.05, 0.1) is 32.1 Å². The summed E-state index contributed by atoms with van der Waals surface area (Å²) < 4.78 is 15.1. The van der Waals surface area contributed by atoms with Gasteiger partial charge in [0.1, 0.15) is 12.4 Å². The molecule has 0 aliphatic carbocycles. The number of thioether (sulfide) groups is 1. The van der Waals surface area contributed by atoms with E-state index in [2.05, 4.69) is 0 Å². The zero-order chi connectivity index (χ0) is 16.8. The number of carbonyl (C=O) groups excluding carboxylic acids is 2. The van der Waals surface area contributed by atoms with Crippen molar-refractivity contribution in [3.63, 3.8) is 0 Å². The van der Waals surface area contributed by atoms with Gasteiger partial charge < -0.3 is 19.1 Å². The third-order valence-corrected chi connectivity index (χ3v) is 4.23. The summed E-state index contributed by atoms with van der Waals surface area (Å²) in [5.41, 5.74) is 1.11. The van der Waals surface area contributed by atoms with Crippen LogP contribution in [0.5, 0.6) is 0 Å². The SMILES string of the molecule is CCSc1ccccc1N1COCC(C(=O)OC)=C1C(=O)OC. The molecule has 0 bridgehead atoms. The Morgan fingerprint density at radius 2 is 1.91 bits per heavy atom. The molecule has 0 N–H and O–H groups in total. The highest BCUT2D eigenvalue weighted by molar-refractivity contribution is 7.99. The van der Waals surface area contributed by atoms with Gasteiger partial charge in [-0.2, -0.15) is 0 Å². The fourth-order valence-electron chi connectivity index (χ4n) is 2.29. The van der Waals surface area contributed by atoms with Crippen LogP contribution in [0.3, 0.4) is 0 Å². The Morgan fingerprint density at radius 3 is 2.57 bits per heavy atom. The third kappa shape index (κ3) is 3.68. The van der Waals surface area contributed by atoms with Crippen molar-refractivity contribution in [1.82, 2.24) is 0 Å². The van der Waals surface area contributed by atoms with Crippen molar-refractivity contribution < 1.29 is 23.8 Å². The van der Waals surface area contributed by atoms with Gasteiger partial charge in [-0.25, -0.2) is 9.59 Å². The van der Waals surface area contributed by atoms with Crippen molar-refractivity contribution in [2.75, 3.05) is 38.2 Å². The van der Waals surface area contributed by atoms with E-state index in [1.807, 2.05) is 31.2 Å². The summed E-state index contributed by atoms with van der Waals surface area (Å²) in [6.45, 7) is 2.22. The molecule has 0 radical (unpaired) electrons. The van der Waals surface area contributed by atoms with Crippen LogP contribution in [0.15, 0.2) is 40.4 Å². The number of methoxy groups -OCH3 is 2. The van der Waals surface area contributed by atoms with Crippen LogP contribution in [0.2, 0.25) is 0 Å². The van der Waals surface area contributed by atoms with Crippen LogP contribution >= 0.6 is 11.8 Å². The van der Waals surface area contributed by atoms with Crippen LogP contribution in [0.25, 0.3) is 0 Å². The Balaban J connectivity index is 2.55. The Hall–Kier alpha value is -1.99. The first kappa shape index (κ1) is 17.4. The molecule has 0 spiro atoms. The molecule has 1 aromatic rings. The molecule has 2 rings (SSSR count). The number of anilines is 1. The molecule has 0 unspecified atom stereocenters. The highest BCUT2D eigenvalue weighted by atomic mass is 32.2. The first-order chi connectivity index (χ1) is 11.1. The van der Waals surface area contributed by atoms with Gasteiger partial charge in [0.15, 0.2) is 0 Å². The molecule has 124 valence electrons. The maximum atomic E-state index is 12.3. The molecule has 1 aliphatic rings. The molecule has 0 amide bonds. The maximum absolute atomic E-state index is 12.3. The number of hydrogen-bond donors (Lipinski definition) is 0. The number of para-hydroxylation sites is 1. The van der Waals surface area contributed by atoms with Crippen LogP contribution in [-0.4, -0.2) is 45.2 Å². The highest BCUT2D eigenvalue weighted by Crippen LogP contribution is 2.34. The Morgan fingerprint density at radius 1 is 1.22 bits per heavy atom. The second-order valence-corrected chi connectivity index (χ2v) is 5.92. The number of hydrogen-bond acceptors (Lipinski definition) is 7. The van der Waals surface area contributed by atoms with Gasteiger partial charge in [-0.3, -0.25) is 0 Å². The summed E-state index contributed by atoms with van der Waals surface area (Å²) in [6, 6.07) is 7.64. The van der Waals surface area contributed by atoms with Crippen molar-refractivity contribution in [3.05, 3.63) is 35.5 Å². The Bertz CT molecular complexity index is 629. The van der Waals surface area contributed by atoms with Crippen molar-refractivity contribution in [1.29, 1.82) is 0 Å². The van der Waals surface area contributed by atoms with E-state index in [9.17, 15) is 9.59 Å². The summed E-state index contributed by atoms with van der Waals surface area (Å²) in [6.07, 6.45) is 0. The number of rotatable bonds is 5. The second kappa shape index (κ2) is 8.03. The van der Waals surface area contributed by atoms with E-state index in [0.717, 1.165) is 16.3 Å². The van der Waals surface area contributed by atoms with Crippen molar-refractivity contribution in [2.24, 2.45) is 0 Å². The lowest BCUT2D eigenvalue weighted by Crippen LogP contribution is -2.39. The molecule has 23 heavy (non-hydrogen) atoms. The molecule has 1 aromatic carbocycles. The minimum Gasteiger partial charge on any atom is -0.466 e. The van der Waals surface area contributed by atoms with Crippen LogP contribution in [0.1, 0.15) is 6.92 Å². The predicted octanol–water partition coefficient (Wildman–Crippen LogP) is 2.19. The summed E-state index contributed by atoms with van der Waals surface area (Å²) in [4.78, 5) is 26.9. The number of nitrogens with zero attached hydrogens (tertiary/aromatic N) is 1. The van der Waals surface area contributed by atoms with Crippen molar-refractivity contribution in [3.8, 4) is 0 Å². The third-order valence-electron chi connectivity index (χ3n) is 3.29. The van der Waals surface area contributed by atoms with Crippen molar-refractivity contribution in [2.45, 2.75) is 11.8 Å². The second-order valence-electron chi connectivity index (χ2n) is 4.62. The van der Waals surface area contributed by atoms with Gasteiger partial charge in [-0.1, -0.05) is 19.1 Å². The fraction of sp³-hybridized carbons (Fsp3) is 0.375. The molecule has 0 saturated carbocycles. The predicted molar refractivity (Wildman–Crippen MR) is 87.2 cm³/mol. The van der Waals surface area contributed by atoms with E-state index in [4.69, 9.17) is 14.2 Å². The topological polar surface area (TPSA) is 65.1 Å². The molecule has 1 heterocycles. The maximum Gasteiger partial charge on any atom is 0.355 e. The van der Waals surface area contributed by atoms with Crippen LogP contribution in [-0.2, 0) is 23.8 Å². The fourth-order valence-corrected chi connectivity index (χ4v) is 3.10. The monoisotopic (exact) mass is 337 g/mol. The standard InChI is InChI=1S/C16H19NO5S/c1-4-23-13-8-6-5-7-12(13)17-10-22-9-11(15(18)20-2)14(17)16(19)21-3/h5-8H,4,9-10H2,1-3H3. The number of carbonyl (C=O) groups is 2. The van der Waals surface area contributed by atoms with E-state index in [-0.39, 0.29) is 24.6 Å². The van der Waals surface area contributed by atoms with E-state index < -0.39 is 11.9 Å². The van der Waals surface area contributed by atoms with E-state index in [0.29, 0.717) is 0 Å². The lowest BCUT2D eigenvalue weighted by Gasteiger charge is -2.32. The average molecular weight is 337 g/mol. The summed E-state index contributed by atoms with van der Waals surface area (Å²) in [5, 5.41) is 0. The van der Waals surface area contributed by atoms with Crippen molar-refractivity contribution >= 4 is 29.4 Å². The minimum absolute atomic E-state index is 0.0106. The number of ether oxygens (including phenoxy) is 3. The molecule has 0 saturated heterocycles. The van der Waals surface area contributed by atoms with Gasteiger partial charge in [-0.15, -0.1) is 11.8 Å². The number of benzene rings is 1. The molecular formula is C16H19NO5S. The van der Waals surface area contributed by atoms with E-state index in [1.165, 1.54) is 14.2 Å². The van der Waals surface area contributed by atoms with Gasteiger partial charge in [0, 0.05) is 4.90 Å². The van der Waals surface area contributed by atoms with Gasteiger partial charge >= 0.3 is 11.9 Å². The zero-order valence-electron chi connectivity index (χ0n) is 13.3. The Kier molecular flexibility index (Phi) is 6.06. The first-order valence-electron chi connectivity index (χ1n) is 7.10. The summed E-state index contributed by atoms with van der Waals surface area (Å²) in [7, 11) is 2.55. The molecule has 0 aromatic heterocycles. The molecule has 0 atom stereocenters. The summed E-state index contributed by atoms with van der Waals surface area (Å²) >= 11 is 1.64. The molecule has 0 fully saturated rings. The van der Waals surface area contributed by atoms with Crippen LogP contribution in [0.4, 0.5) is 5.69 Å². The normalized spacial score (nSPS) is 14.7. The minimum atomic E-state index is -0.601. The van der Waals surface area contributed by atoms with Gasteiger partial charge in [0.25, 0.3) is 0 Å². The summed E-state index contributed by atoms with van der Waals surface area (Å²) in [5.74, 6) is -0.312. The van der Waals surface area contributed by atoms with Crippen LogP contribution < -0.4 is 4.90 Å². The lowest BCUT2D eigenvalue weighted by molar-refractivity contribution is -0.140. The first-order valence-corrected chi connectivity index (χ1v) is 8.09. The molecule has 7 heteroatoms. The van der Waals surface area contributed by atoms with Gasteiger partial charge in [-0.05, 0) is 17.9 Å². The highest BCUT2D eigenvalue weighted by Gasteiger charge is 2.33. The Labute approximate surface area is 139 Å². The largest absolute Gasteiger partial charge is 0.466 e. The lowest BCUT2D eigenvalue weighted by atomic mass is 10.1. The zero-order valence-corrected chi connectivity index (χ0v) is 14.1. The van der Waals surface area contributed by atoms with E-state index in [1.54, 1.807) is 16.7 Å². The molecule has 6 nitrogen and oxygen atoms in total. The molecular weight excluding hydrogens is 318 g/mol. The van der Waals surface area contributed by atoms with E-state index >= 15 is 0 Å². The van der Waals surface area contributed by atoms with Crippen LogP contribution in [0, 0.1) is 0 Å². The average Bonchev–Trinajstić information content (AvgIpc) is 2.60. The quantitative estimate of drug-likeness (QED) is 0.603.